The van der Waals surface area contributed by atoms with Crippen molar-refractivity contribution in [3.05, 3.63) is 65.2 Å². The summed E-state index contributed by atoms with van der Waals surface area (Å²) in [5.74, 6) is -0.268. The molecule has 0 saturated heterocycles. The monoisotopic (exact) mass is 327 g/mol. The molecule has 5 heteroatoms. The molecule has 126 valence electrons. The van der Waals surface area contributed by atoms with E-state index in [1.165, 1.54) is 19.1 Å². The van der Waals surface area contributed by atoms with Crippen LogP contribution in [0.2, 0.25) is 0 Å². The van der Waals surface area contributed by atoms with Crippen molar-refractivity contribution in [3.63, 3.8) is 0 Å². The Labute approximate surface area is 141 Å². The van der Waals surface area contributed by atoms with Crippen molar-refractivity contribution in [3.8, 4) is 5.75 Å². The fourth-order valence-electron chi connectivity index (χ4n) is 2.40. The third kappa shape index (κ3) is 4.13. The van der Waals surface area contributed by atoms with Gasteiger partial charge in [0.25, 0.3) is 5.91 Å². The van der Waals surface area contributed by atoms with E-state index in [9.17, 15) is 9.59 Å². The number of rotatable bonds is 6. The molecule has 2 rings (SSSR count). The first-order chi connectivity index (χ1) is 11.6. The molecule has 0 saturated carbocycles. The molecule has 1 amide bonds. The SMILES string of the molecule is COC(=O)CN(Cc1ccccc1C)C(=O)c1ccccc1OC. The van der Waals surface area contributed by atoms with Crippen LogP contribution < -0.4 is 4.74 Å². The quantitative estimate of drug-likeness (QED) is 0.766. The number of methoxy groups -OCH3 is 2. The number of para-hydroxylation sites is 1. The van der Waals surface area contributed by atoms with E-state index < -0.39 is 5.97 Å². The van der Waals surface area contributed by atoms with Gasteiger partial charge in [0.15, 0.2) is 0 Å². The molecule has 0 aliphatic carbocycles. The Morgan fingerprint density at radius 1 is 1.00 bits per heavy atom. The van der Waals surface area contributed by atoms with Crippen molar-refractivity contribution in [2.24, 2.45) is 0 Å². The lowest BCUT2D eigenvalue weighted by Gasteiger charge is -2.23. The first-order valence-electron chi connectivity index (χ1n) is 7.60. The van der Waals surface area contributed by atoms with Gasteiger partial charge >= 0.3 is 5.97 Å². The van der Waals surface area contributed by atoms with Gasteiger partial charge in [-0.2, -0.15) is 0 Å². The van der Waals surface area contributed by atoms with E-state index in [4.69, 9.17) is 9.47 Å². The second-order valence-corrected chi connectivity index (χ2v) is 5.36. The number of benzene rings is 2. The average molecular weight is 327 g/mol. The zero-order valence-electron chi connectivity index (χ0n) is 14.1. The van der Waals surface area contributed by atoms with Gasteiger partial charge in [-0.3, -0.25) is 9.59 Å². The van der Waals surface area contributed by atoms with Crippen molar-refractivity contribution < 1.29 is 19.1 Å². The van der Waals surface area contributed by atoms with E-state index in [0.717, 1.165) is 11.1 Å². The third-order valence-corrected chi connectivity index (χ3v) is 3.79. The van der Waals surface area contributed by atoms with E-state index in [-0.39, 0.29) is 12.5 Å². The number of hydrogen-bond acceptors (Lipinski definition) is 4. The predicted octanol–water partition coefficient (Wildman–Crippen LogP) is 2.82. The molecule has 0 unspecified atom stereocenters. The molecule has 0 aromatic heterocycles. The van der Waals surface area contributed by atoms with Crippen LogP contribution in [0, 0.1) is 6.92 Å². The molecular formula is C19H21NO4. The molecule has 2 aromatic carbocycles. The molecule has 0 spiro atoms. The van der Waals surface area contributed by atoms with E-state index in [2.05, 4.69) is 0 Å². The lowest BCUT2D eigenvalue weighted by Crippen LogP contribution is -2.36. The van der Waals surface area contributed by atoms with Gasteiger partial charge < -0.3 is 14.4 Å². The summed E-state index contributed by atoms with van der Waals surface area (Å²) in [5.41, 5.74) is 2.45. The van der Waals surface area contributed by atoms with Crippen molar-refractivity contribution in [1.29, 1.82) is 0 Å². The predicted molar refractivity (Wildman–Crippen MR) is 90.9 cm³/mol. The number of carbonyl (C=O) groups is 2. The number of nitrogens with zero attached hydrogens (tertiary/aromatic N) is 1. The van der Waals surface area contributed by atoms with Gasteiger partial charge in [-0.15, -0.1) is 0 Å². The highest BCUT2D eigenvalue weighted by atomic mass is 16.5. The Morgan fingerprint density at radius 3 is 2.33 bits per heavy atom. The molecule has 0 heterocycles. The van der Waals surface area contributed by atoms with Gasteiger partial charge in [0, 0.05) is 6.54 Å². The van der Waals surface area contributed by atoms with Crippen LogP contribution in [0.3, 0.4) is 0 Å². The van der Waals surface area contributed by atoms with Crippen molar-refractivity contribution in [2.75, 3.05) is 20.8 Å². The lowest BCUT2D eigenvalue weighted by atomic mass is 10.1. The molecule has 0 aliphatic heterocycles. The maximum atomic E-state index is 12.9. The first-order valence-corrected chi connectivity index (χ1v) is 7.60. The minimum Gasteiger partial charge on any atom is -0.496 e. The Kier molecular flexibility index (Phi) is 5.95. The Morgan fingerprint density at radius 2 is 1.67 bits per heavy atom. The summed E-state index contributed by atoms with van der Waals surface area (Å²) in [7, 11) is 2.82. The van der Waals surface area contributed by atoms with Crippen molar-refractivity contribution in [1.82, 2.24) is 4.90 Å². The van der Waals surface area contributed by atoms with Crippen molar-refractivity contribution in [2.45, 2.75) is 13.5 Å². The molecule has 0 radical (unpaired) electrons. The third-order valence-electron chi connectivity index (χ3n) is 3.79. The van der Waals surface area contributed by atoms with Crippen LogP contribution in [0.5, 0.6) is 5.75 Å². The smallest absolute Gasteiger partial charge is 0.325 e. The van der Waals surface area contributed by atoms with Crippen LogP contribution in [0.1, 0.15) is 21.5 Å². The van der Waals surface area contributed by atoms with Crippen molar-refractivity contribution >= 4 is 11.9 Å². The van der Waals surface area contributed by atoms with E-state index in [1.807, 2.05) is 31.2 Å². The highest BCUT2D eigenvalue weighted by Gasteiger charge is 2.22. The summed E-state index contributed by atoms with van der Waals surface area (Å²) < 4.78 is 9.99. The normalized spacial score (nSPS) is 10.1. The zero-order valence-corrected chi connectivity index (χ0v) is 14.1. The number of ether oxygens (including phenoxy) is 2. The molecule has 5 nitrogen and oxygen atoms in total. The first kappa shape index (κ1) is 17.5. The summed E-state index contributed by atoms with van der Waals surface area (Å²) in [6.45, 7) is 2.17. The van der Waals surface area contributed by atoms with Crippen LogP contribution in [-0.2, 0) is 16.1 Å². The molecule has 0 aliphatic rings. The van der Waals surface area contributed by atoms with Gasteiger partial charge in [-0.05, 0) is 30.2 Å². The molecule has 0 fully saturated rings. The van der Waals surface area contributed by atoms with Gasteiger partial charge in [0.1, 0.15) is 12.3 Å². The number of esters is 1. The second-order valence-electron chi connectivity index (χ2n) is 5.36. The van der Waals surface area contributed by atoms with Gasteiger partial charge in [-0.1, -0.05) is 36.4 Å². The lowest BCUT2D eigenvalue weighted by molar-refractivity contribution is -0.141. The summed E-state index contributed by atoms with van der Waals surface area (Å²) in [5, 5.41) is 0. The zero-order chi connectivity index (χ0) is 17.5. The Balaban J connectivity index is 2.33. The molecule has 0 N–H and O–H groups in total. The average Bonchev–Trinajstić information content (AvgIpc) is 2.62. The number of aryl methyl sites for hydroxylation is 1. The molecule has 24 heavy (non-hydrogen) atoms. The number of hydrogen-bond donors (Lipinski definition) is 0. The van der Waals surface area contributed by atoms with Gasteiger partial charge in [0.05, 0.1) is 19.8 Å². The fraction of sp³-hybridized carbons (Fsp3) is 0.263. The Bertz CT molecular complexity index is 727. The molecular weight excluding hydrogens is 306 g/mol. The van der Waals surface area contributed by atoms with Crippen LogP contribution in [0.25, 0.3) is 0 Å². The van der Waals surface area contributed by atoms with Crippen LogP contribution in [-0.4, -0.2) is 37.5 Å². The minimum absolute atomic E-state index is 0.123. The summed E-state index contributed by atoms with van der Waals surface area (Å²) in [6.07, 6.45) is 0. The van der Waals surface area contributed by atoms with Crippen LogP contribution in [0.4, 0.5) is 0 Å². The maximum absolute atomic E-state index is 12.9. The second kappa shape index (κ2) is 8.15. The molecule has 0 atom stereocenters. The van der Waals surface area contributed by atoms with Crippen LogP contribution in [0.15, 0.2) is 48.5 Å². The fourth-order valence-corrected chi connectivity index (χ4v) is 2.40. The maximum Gasteiger partial charge on any atom is 0.325 e. The minimum atomic E-state index is -0.466. The van der Waals surface area contributed by atoms with Crippen LogP contribution >= 0.6 is 0 Å². The standard InChI is InChI=1S/C19H21NO4/c1-14-8-4-5-9-15(14)12-20(13-18(21)24-3)19(22)16-10-6-7-11-17(16)23-2/h4-11H,12-13H2,1-3H3. The van der Waals surface area contributed by atoms with E-state index in [0.29, 0.717) is 17.9 Å². The van der Waals surface area contributed by atoms with E-state index in [1.54, 1.807) is 24.3 Å². The highest BCUT2D eigenvalue weighted by Crippen LogP contribution is 2.21. The Hall–Kier alpha value is -2.82. The van der Waals surface area contributed by atoms with Gasteiger partial charge in [0.2, 0.25) is 0 Å². The highest BCUT2D eigenvalue weighted by molar-refractivity contribution is 5.98. The molecule has 0 bridgehead atoms. The summed E-state index contributed by atoms with van der Waals surface area (Å²) in [6, 6.07) is 14.7. The summed E-state index contributed by atoms with van der Waals surface area (Å²) in [4.78, 5) is 26.1. The van der Waals surface area contributed by atoms with Gasteiger partial charge in [-0.25, -0.2) is 0 Å². The number of carbonyl (C=O) groups excluding carboxylic acids is 2. The molecule has 2 aromatic rings. The number of amides is 1. The largest absolute Gasteiger partial charge is 0.496 e. The topological polar surface area (TPSA) is 55.8 Å². The summed E-state index contributed by atoms with van der Waals surface area (Å²) >= 11 is 0. The van der Waals surface area contributed by atoms with E-state index >= 15 is 0 Å².